The zero-order chi connectivity index (χ0) is 13.2. The van der Waals surface area contributed by atoms with Gasteiger partial charge in [0.05, 0.1) is 0 Å². The van der Waals surface area contributed by atoms with Crippen LogP contribution in [-0.2, 0) is 13.1 Å². The molecule has 3 rings (SSSR count). The number of hydrogen-bond donors (Lipinski definition) is 1. The molecule has 0 bridgehead atoms. The summed E-state index contributed by atoms with van der Waals surface area (Å²) >= 11 is 5.29. The summed E-state index contributed by atoms with van der Waals surface area (Å²) in [5, 5.41) is 2.15. The average molecular weight is 337 g/mol. The molecule has 0 aliphatic heterocycles. The van der Waals surface area contributed by atoms with Crippen LogP contribution < -0.4 is 5.73 Å². The van der Waals surface area contributed by atoms with Gasteiger partial charge in [0.15, 0.2) is 0 Å². The van der Waals surface area contributed by atoms with Gasteiger partial charge in [-0.2, -0.15) is 0 Å². The zero-order valence-corrected chi connectivity index (χ0v) is 13.1. The molecular weight excluding hydrogens is 320 g/mol. The van der Waals surface area contributed by atoms with Crippen LogP contribution in [0.1, 0.15) is 23.3 Å². The van der Waals surface area contributed by atoms with E-state index < -0.39 is 0 Å². The van der Waals surface area contributed by atoms with Crippen molar-refractivity contribution in [2.24, 2.45) is 0 Å². The van der Waals surface area contributed by atoms with Crippen molar-refractivity contribution in [2.75, 3.05) is 5.73 Å². The summed E-state index contributed by atoms with van der Waals surface area (Å²) in [7, 11) is 0. The summed E-state index contributed by atoms with van der Waals surface area (Å²) in [6, 6.07) is 11.4. The van der Waals surface area contributed by atoms with E-state index in [9.17, 15) is 0 Å². The number of halogens is 1. The molecule has 1 aliphatic rings. The van der Waals surface area contributed by atoms with Crippen molar-refractivity contribution in [1.29, 1.82) is 0 Å². The lowest BCUT2D eigenvalue weighted by Gasteiger charge is -2.21. The van der Waals surface area contributed by atoms with Crippen LogP contribution in [0.5, 0.6) is 0 Å². The number of anilines is 1. The molecule has 1 fully saturated rings. The Morgan fingerprint density at radius 1 is 1.26 bits per heavy atom. The van der Waals surface area contributed by atoms with Crippen LogP contribution in [0.25, 0.3) is 0 Å². The van der Waals surface area contributed by atoms with Gasteiger partial charge in [-0.25, -0.2) is 0 Å². The van der Waals surface area contributed by atoms with Gasteiger partial charge in [-0.1, -0.05) is 12.1 Å². The Labute approximate surface area is 126 Å². The van der Waals surface area contributed by atoms with Gasteiger partial charge in [-0.3, -0.25) is 4.90 Å². The number of benzene rings is 1. The highest BCUT2D eigenvalue weighted by Gasteiger charge is 2.29. The van der Waals surface area contributed by atoms with E-state index in [1.807, 2.05) is 17.4 Å². The van der Waals surface area contributed by atoms with Crippen LogP contribution in [0.3, 0.4) is 0 Å². The monoisotopic (exact) mass is 336 g/mol. The maximum atomic E-state index is 5.96. The Kier molecular flexibility index (Phi) is 3.91. The molecule has 1 heterocycles. The van der Waals surface area contributed by atoms with Gasteiger partial charge >= 0.3 is 0 Å². The van der Waals surface area contributed by atoms with Crippen molar-refractivity contribution < 1.29 is 0 Å². The van der Waals surface area contributed by atoms with E-state index in [2.05, 4.69) is 50.5 Å². The number of rotatable bonds is 5. The highest BCUT2D eigenvalue weighted by molar-refractivity contribution is 9.10. The molecule has 1 aromatic carbocycles. The van der Waals surface area contributed by atoms with Gasteiger partial charge in [0.25, 0.3) is 0 Å². The van der Waals surface area contributed by atoms with Gasteiger partial charge in [0, 0.05) is 34.2 Å². The first-order valence-corrected chi connectivity index (χ1v) is 8.20. The van der Waals surface area contributed by atoms with Crippen molar-refractivity contribution in [2.45, 2.75) is 32.0 Å². The Bertz CT molecular complexity index is 549. The number of nitrogen functional groups attached to an aromatic ring is 1. The normalized spacial score (nSPS) is 15.1. The molecular formula is C15H17BrN2S. The molecule has 1 saturated carbocycles. The second-order valence-electron chi connectivity index (χ2n) is 5.07. The molecule has 0 spiro atoms. The second kappa shape index (κ2) is 5.65. The molecule has 1 aromatic heterocycles. The largest absolute Gasteiger partial charge is 0.398 e. The van der Waals surface area contributed by atoms with E-state index in [1.165, 1.54) is 23.3 Å². The van der Waals surface area contributed by atoms with Crippen molar-refractivity contribution in [3.63, 3.8) is 0 Å². The number of nitrogens with zero attached hydrogens (tertiary/aromatic N) is 1. The zero-order valence-electron chi connectivity index (χ0n) is 10.7. The maximum Gasteiger partial charge on any atom is 0.0461 e. The van der Waals surface area contributed by atoms with Crippen LogP contribution in [0, 0.1) is 0 Å². The quantitative estimate of drug-likeness (QED) is 0.826. The van der Waals surface area contributed by atoms with E-state index >= 15 is 0 Å². The third-order valence-corrected chi connectivity index (χ3v) is 5.03. The third kappa shape index (κ3) is 3.38. The number of nitrogens with two attached hydrogens (primary N) is 1. The highest BCUT2D eigenvalue weighted by Crippen LogP contribution is 2.31. The van der Waals surface area contributed by atoms with E-state index in [4.69, 9.17) is 5.73 Å². The maximum absolute atomic E-state index is 5.96. The number of thiophene rings is 1. The molecule has 4 heteroatoms. The molecule has 0 unspecified atom stereocenters. The SMILES string of the molecule is Nc1cc(CN(Cc2cccs2)C2CC2)ccc1Br. The Morgan fingerprint density at radius 3 is 2.74 bits per heavy atom. The lowest BCUT2D eigenvalue weighted by atomic mass is 10.2. The fourth-order valence-corrected chi connectivity index (χ4v) is 3.26. The van der Waals surface area contributed by atoms with Crippen LogP contribution in [0.15, 0.2) is 40.2 Å². The molecule has 0 amide bonds. The van der Waals surface area contributed by atoms with Gasteiger partial charge in [-0.15, -0.1) is 11.3 Å². The molecule has 100 valence electrons. The summed E-state index contributed by atoms with van der Waals surface area (Å²) < 4.78 is 0.979. The van der Waals surface area contributed by atoms with E-state index in [0.29, 0.717) is 0 Å². The summed E-state index contributed by atoms with van der Waals surface area (Å²) in [5.41, 5.74) is 8.08. The van der Waals surface area contributed by atoms with Gasteiger partial charge in [0.2, 0.25) is 0 Å². The lowest BCUT2D eigenvalue weighted by molar-refractivity contribution is 0.248. The van der Waals surface area contributed by atoms with Gasteiger partial charge in [-0.05, 0) is 57.9 Å². The minimum absolute atomic E-state index is 0.756. The van der Waals surface area contributed by atoms with E-state index in [0.717, 1.165) is 29.3 Å². The van der Waals surface area contributed by atoms with E-state index in [1.54, 1.807) is 0 Å². The Morgan fingerprint density at radius 2 is 2.11 bits per heavy atom. The minimum atomic E-state index is 0.756. The fraction of sp³-hybridized carbons (Fsp3) is 0.333. The van der Waals surface area contributed by atoms with Crippen LogP contribution in [0.4, 0.5) is 5.69 Å². The molecule has 0 radical (unpaired) electrons. The Hall–Kier alpha value is -0.840. The van der Waals surface area contributed by atoms with Crippen LogP contribution in [-0.4, -0.2) is 10.9 Å². The minimum Gasteiger partial charge on any atom is -0.398 e. The first-order chi connectivity index (χ1) is 9.22. The lowest BCUT2D eigenvalue weighted by Crippen LogP contribution is -2.24. The van der Waals surface area contributed by atoms with Crippen molar-refractivity contribution in [3.05, 3.63) is 50.6 Å². The predicted molar refractivity (Wildman–Crippen MR) is 85.1 cm³/mol. The Balaban J connectivity index is 1.72. The summed E-state index contributed by atoms with van der Waals surface area (Å²) in [4.78, 5) is 4.01. The average Bonchev–Trinajstić information content (AvgIpc) is 3.12. The van der Waals surface area contributed by atoms with Crippen molar-refractivity contribution >= 4 is 33.0 Å². The molecule has 1 aliphatic carbocycles. The standard InChI is InChI=1S/C15H17BrN2S/c16-14-6-3-11(8-15(14)17)9-18(12-4-5-12)10-13-2-1-7-19-13/h1-3,6-8,12H,4-5,9-10,17H2. The highest BCUT2D eigenvalue weighted by atomic mass is 79.9. The third-order valence-electron chi connectivity index (χ3n) is 3.45. The second-order valence-corrected chi connectivity index (χ2v) is 6.96. The summed E-state index contributed by atoms with van der Waals surface area (Å²) in [6.07, 6.45) is 2.66. The molecule has 2 N–H and O–H groups in total. The van der Waals surface area contributed by atoms with Crippen LogP contribution in [0.2, 0.25) is 0 Å². The molecule has 0 atom stereocenters. The van der Waals surface area contributed by atoms with Gasteiger partial charge in [0.1, 0.15) is 0 Å². The smallest absolute Gasteiger partial charge is 0.0461 e. The predicted octanol–water partition coefficient (Wildman–Crippen LogP) is 4.26. The van der Waals surface area contributed by atoms with Gasteiger partial charge < -0.3 is 5.73 Å². The first-order valence-electron chi connectivity index (χ1n) is 6.53. The van der Waals surface area contributed by atoms with Crippen molar-refractivity contribution in [1.82, 2.24) is 4.90 Å². The molecule has 2 aromatic rings. The summed E-state index contributed by atoms with van der Waals surface area (Å²) in [6.45, 7) is 2.04. The fourth-order valence-electron chi connectivity index (χ4n) is 2.28. The van der Waals surface area contributed by atoms with Crippen molar-refractivity contribution in [3.8, 4) is 0 Å². The topological polar surface area (TPSA) is 29.3 Å². The molecule has 2 nitrogen and oxygen atoms in total. The number of hydrogen-bond acceptors (Lipinski definition) is 3. The molecule has 19 heavy (non-hydrogen) atoms. The summed E-state index contributed by atoms with van der Waals surface area (Å²) in [5.74, 6) is 0. The van der Waals surface area contributed by atoms with Crippen LogP contribution >= 0.6 is 27.3 Å². The molecule has 0 saturated heterocycles. The van der Waals surface area contributed by atoms with E-state index in [-0.39, 0.29) is 0 Å². The first kappa shape index (κ1) is 13.2.